The topological polar surface area (TPSA) is 12.0 Å². The summed E-state index contributed by atoms with van der Waals surface area (Å²) in [7, 11) is 0. The molecular weight excluding hydrogens is 309 g/mol. The molecule has 4 heteroatoms. The van der Waals surface area contributed by atoms with Gasteiger partial charge in [-0.3, -0.25) is 0 Å². The lowest BCUT2D eigenvalue weighted by atomic mass is 9.79. The van der Waals surface area contributed by atoms with E-state index in [1.807, 2.05) is 30.1 Å². The molecule has 20 heavy (non-hydrogen) atoms. The van der Waals surface area contributed by atoms with Crippen LogP contribution in [0.1, 0.15) is 46.0 Å². The van der Waals surface area contributed by atoms with Gasteiger partial charge in [-0.15, -0.1) is 0 Å². The maximum absolute atomic E-state index is 6.05. The second-order valence-corrected chi connectivity index (χ2v) is 7.65. The molecule has 1 aromatic carbocycles. The fourth-order valence-electron chi connectivity index (χ4n) is 2.98. The minimum absolute atomic E-state index is 0.608. The number of benzene rings is 1. The molecule has 1 aliphatic rings. The van der Waals surface area contributed by atoms with Gasteiger partial charge in [0.2, 0.25) is 0 Å². The third kappa shape index (κ3) is 4.47. The Kier molecular flexibility index (Phi) is 6.38. The fourth-order valence-corrected chi connectivity index (χ4v) is 4.44. The fraction of sp³-hybridized carbons (Fsp3) is 0.625. The van der Waals surface area contributed by atoms with E-state index in [0.29, 0.717) is 15.3 Å². The third-order valence-corrected chi connectivity index (χ3v) is 6.09. The Morgan fingerprint density at radius 3 is 2.25 bits per heavy atom. The highest BCUT2D eigenvalue weighted by molar-refractivity contribution is 8.01. The van der Waals surface area contributed by atoms with Crippen molar-refractivity contribution in [3.63, 3.8) is 0 Å². The molecule has 2 unspecified atom stereocenters. The summed E-state index contributed by atoms with van der Waals surface area (Å²) >= 11 is 13.8. The van der Waals surface area contributed by atoms with E-state index in [1.54, 1.807) is 0 Å². The van der Waals surface area contributed by atoms with E-state index >= 15 is 0 Å². The van der Waals surface area contributed by atoms with E-state index in [1.165, 1.54) is 32.1 Å². The summed E-state index contributed by atoms with van der Waals surface area (Å²) in [5, 5.41) is 1.92. The van der Waals surface area contributed by atoms with Crippen LogP contribution in [0.15, 0.2) is 18.2 Å². The van der Waals surface area contributed by atoms with Crippen molar-refractivity contribution < 1.29 is 0 Å². The second-order valence-electron chi connectivity index (χ2n) is 5.73. The van der Waals surface area contributed by atoms with Crippen LogP contribution in [-0.4, -0.2) is 5.25 Å². The third-order valence-electron chi connectivity index (χ3n) is 4.28. The van der Waals surface area contributed by atoms with Crippen LogP contribution in [0, 0.1) is 11.8 Å². The van der Waals surface area contributed by atoms with Gasteiger partial charge in [0, 0.05) is 10.9 Å². The first-order valence-corrected chi connectivity index (χ1v) is 9.12. The number of nitrogens with one attached hydrogen (secondary N) is 1. The summed E-state index contributed by atoms with van der Waals surface area (Å²) in [5.41, 5.74) is 1.04. The minimum Gasteiger partial charge on any atom is -0.329 e. The summed E-state index contributed by atoms with van der Waals surface area (Å²) in [6.07, 6.45) is 6.68. The normalized spacial score (nSPS) is 26.5. The van der Waals surface area contributed by atoms with E-state index in [2.05, 4.69) is 18.6 Å². The summed E-state index contributed by atoms with van der Waals surface area (Å²) < 4.78 is 3.45. The van der Waals surface area contributed by atoms with Crippen LogP contribution in [0.25, 0.3) is 0 Å². The lowest BCUT2D eigenvalue weighted by Gasteiger charge is -2.33. The molecule has 0 aromatic heterocycles. The van der Waals surface area contributed by atoms with Crippen molar-refractivity contribution >= 4 is 40.8 Å². The van der Waals surface area contributed by atoms with Crippen molar-refractivity contribution in [2.24, 2.45) is 11.8 Å². The van der Waals surface area contributed by atoms with Crippen molar-refractivity contribution in [3.8, 4) is 0 Å². The number of anilines is 1. The lowest BCUT2D eigenvalue weighted by Crippen LogP contribution is -2.24. The van der Waals surface area contributed by atoms with Gasteiger partial charge >= 0.3 is 0 Å². The first-order chi connectivity index (χ1) is 9.62. The van der Waals surface area contributed by atoms with Gasteiger partial charge in [-0.1, -0.05) is 49.9 Å². The largest absolute Gasteiger partial charge is 0.329 e. The molecule has 0 aliphatic heterocycles. The minimum atomic E-state index is 0.608. The predicted octanol–water partition coefficient (Wildman–Crippen LogP) is 6.66. The summed E-state index contributed by atoms with van der Waals surface area (Å²) in [5.74, 6) is 1.78. The zero-order valence-corrected chi connectivity index (χ0v) is 14.5. The molecule has 0 heterocycles. The zero-order chi connectivity index (χ0) is 14.5. The molecule has 112 valence electrons. The van der Waals surface area contributed by atoms with Gasteiger partial charge in [0.05, 0.1) is 10.0 Å². The molecule has 1 fully saturated rings. The summed E-state index contributed by atoms with van der Waals surface area (Å²) in [6.45, 7) is 4.63. The van der Waals surface area contributed by atoms with Crippen LogP contribution < -0.4 is 4.72 Å². The number of hydrogen-bond acceptors (Lipinski definition) is 2. The zero-order valence-electron chi connectivity index (χ0n) is 12.2. The molecule has 1 aromatic rings. The van der Waals surface area contributed by atoms with Crippen molar-refractivity contribution in [2.75, 3.05) is 4.72 Å². The lowest BCUT2D eigenvalue weighted by molar-refractivity contribution is 0.262. The molecule has 0 spiro atoms. The van der Waals surface area contributed by atoms with E-state index in [-0.39, 0.29) is 0 Å². The Hall–Kier alpha value is -0.0500. The average Bonchev–Trinajstić information content (AvgIpc) is 2.48. The second kappa shape index (κ2) is 7.82. The first kappa shape index (κ1) is 16.3. The van der Waals surface area contributed by atoms with Gasteiger partial charge in [0.25, 0.3) is 0 Å². The Morgan fingerprint density at radius 1 is 1.05 bits per heavy atom. The predicted molar refractivity (Wildman–Crippen MR) is 92.9 cm³/mol. The van der Waals surface area contributed by atoms with E-state index in [0.717, 1.165) is 17.5 Å². The molecular formula is C16H23Cl2NS. The van der Waals surface area contributed by atoms with Crippen LogP contribution >= 0.6 is 35.1 Å². The first-order valence-electron chi connectivity index (χ1n) is 7.49. The van der Waals surface area contributed by atoms with Crippen molar-refractivity contribution in [3.05, 3.63) is 28.2 Å². The molecule has 0 saturated heterocycles. The number of halogens is 2. The molecule has 0 amide bonds. The maximum Gasteiger partial charge on any atom is 0.0613 e. The Balaban J connectivity index is 1.90. The molecule has 2 atom stereocenters. The molecule has 1 aliphatic carbocycles. The van der Waals surface area contributed by atoms with Gasteiger partial charge < -0.3 is 4.72 Å². The van der Waals surface area contributed by atoms with Gasteiger partial charge in [-0.2, -0.15) is 0 Å². The van der Waals surface area contributed by atoms with Crippen LogP contribution in [0.4, 0.5) is 5.69 Å². The smallest absolute Gasteiger partial charge is 0.0613 e. The van der Waals surface area contributed by atoms with E-state index < -0.39 is 0 Å². The average molecular weight is 332 g/mol. The van der Waals surface area contributed by atoms with Crippen molar-refractivity contribution in [2.45, 2.75) is 51.2 Å². The SMILES string of the molecule is CCC1CC(CC)CC(SNc2ccc(Cl)c(Cl)c2)C1. The van der Waals surface area contributed by atoms with Crippen LogP contribution in [-0.2, 0) is 0 Å². The molecule has 0 bridgehead atoms. The maximum atomic E-state index is 6.05. The number of hydrogen-bond donors (Lipinski definition) is 1. The van der Waals surface area contributed by atoms with Gasteiger partial charge in [0.15, 0.2) is 0 Å². The molecule has 0 radical (unpaired) electrons. The monoisotopic (exact) mass is 331 g/mol. The highest BCUT2D eigenvalue weighted by Gasteiger charge is 2.27. The van der Waals surface area contributed by atoms with Gasteiger partial charge in [0.1, 0.15) is 0 Å². The van der Waals surface area contributed by atoms with Crippen LogP contribution in [0.2, 0.25) is 10.0 Å². The highest BCUT2D eigenvalue weighted by Crippen LogP contribution is 2.39. The van der Waals surface area contributed by atoms with Gasteiger partial charge in [-0.25, -0.2) is 0 Å². The van der Waals surface area contributed by atoms with Crippen molar-refractivity contribution in [1.29, 1.82) is 0 Å². The van der Waals surface area contributed by atoms with Crippen LogP contribution in [0.5, 0.6) is 0 Å². The Labute approximate surface area is 136 Å². The van der Waals surface area contributed by atoms with E-state index in [9.17, 15) is 0 Å². The Morgan fingerprint density at radius 2 is 1.70 bits per heavy atom. The molecule has 2 rings (SSSR count). The number of rotatable bonds is 5. The van der Waals surface area contributed by atoms with E-state index in [4.69, 9.17) is 23.2 Å². The molecule has 1 saturated carbocycles. The summed E-state index contributed by atoms with van der Waals surface area (Å²) in [4.78, 5) is 0. The van der Waals surface area contributed by atoms with Crippen molar-refractivity contribution in [1.82, 2.24) is 0 Å². The summed E-state index contributed by atoms with van der Waals surface area (Å²) in [6, 6.07) is 5.73. The highest BCUT2D eigenvalue weighted by atomic mass is 35.5. The molecule has 1 N–H and O–H groups in total. The van der Waals surface area contributed by atoms with Gasteiger partial charge in [-0.05, 0) is 61.2 Å². The molecule has 1 nitrogen and oxygen atoms in total. The Bertz CT molecular complexity index is 426. The quantitative estimate of drug-likeness (QED) is 0.605. The van der Waals surface area contributed by atoms with Crippen LogP contribution in [0.3, 0.4) is 0 Å². The standard InChI is InChI=1S/C16H23Cl2NS/c1-3-11-7-12(4-2)9-14(8-11)20-19-13-5-6-15(17)16(18)10-13/h5-6,10-12,14,19H,3-4,7-9H2,1-2H3.